The van der Waals surface area contributed by atoms with Gasteiger partial charge in [0.15, 0.2) is 0 Å². The Morgan fingerprint density at radius 2 is 1.52 bits per heavy atom. The minimum Gasteiger partial charge on any atom is -0.507 e. The van der Waals surface area contributed by atoms with E-state index >= 15 is 0 Å². The van der Waals surface area contributed by atoms with Gasteiger partial charge in [0.1, 0.15) is 17.1 Å². The summed E-state index contributed by atoms with van der Waals surface area (Å²) < 4.78 is 12.2. The molecule has 1 heterocycles. The predicted molar refractivity (Wildman–Crippen MR) is 168 cm³/mol. The first kappa shape index (κ1) is 34.5. The number of hydrogen-bond donors (Lipinski definition) is 1. The van der Waals surface area contributed by atoms with Crippen molar-refractivity contribution in [3.63, 3.8) is 0 Å². The Morgan fingerprint density at radius 1 is 0.900 bits per heavy atom. The second kappa shape index (κ2) is 17.3. The molecule has 0 aliphatic carbocycles. The van der Waals surface area contributed by atoms with Gasteiger partial charge < -0.3 is 14.6 Å². The number of fused-ring (bicyclic) bond motifs is 1. The molecule has 0 saturated heterocycles. The largest absolute Gasteiger partial charge is 0.507 e. The Bertz CT molecular complexity index is 905. The summed E-state index contributed by atoms with van der Waals surface area (Å²) in [5.74, 6) is 3.28. The summed E-state index contributed by atoms with van der Waals surface area (Å²) in [6.45, 7) is 18.3. The molecule has 0 amide bonds. The summed E-state index contributed by atoms with van der Waals surface area (Å²) in [6.07, 6.45) is 17.7. The molecule has 0 aromatic heterocycles. The van der Waals surface area contributed by atoms with Gasteiger partial charge in [-0.1, -0.05) is 98.8 Å². The topological polar surface area (TPSA) is 55.8 Å². The van der Waals surface area contributed by atoms with Crippen LogP contribution in [0.3, 0.4) is 0 Å². The molecule has 0 spiro atoms. The van der Waals surface area contributed by atoms with Crippen LogP contribution in [-0.2, 0) is 22.4 Å². The fraction of sp³-hybridized carbons (Fsp3) is 0.806. The average Bonchev–Trinajstić information content (AvgIpc) is 2.89. The molecule has 1 aromatic rings. The Balaban J connectivity index is 1.87. The summed E-state index contributed by atoms with van der Waals surface area (Å²) in [7, 11) is 0. The van der Waals surface area contributed by atoms with Gasteiger partial charge in [-0.25, -0.2) is 0 Å². The third-order valence-corrected chi connectivity index (χ3v) is 9.29. The van der Waals surface area contributed by atoms with E-state index in [0.717, 1.165) is 85.1 Å². The Labute approximate surface area is 247 Å². The van der Waals surface area contributed by atoms with E-state index in [9.17, 15) is 9.90 Å². The maximum Gasteiger partial charge on any atom is 0.310 e. The van der Waals surface area contributed by atoms with Crippen molar-refractivity contribution in [1.82, 2.24) is 0 Å². The number of unbranched alkanes of at least 4 members (excludes halogenated alkanes) is 3. The summed E-state index contributed by atoms with van der Waals surface area (Å²) in [4.78, 5) is 12.6. The number of phenolic OH excluding ortho intramolecular Hbond substituents is 1. The van der Waals surface area contributed by atoms with Crippen molar-refractivity contribution >= 4 is 5.97 Å². The van der Waals surface area contributed by atoms with E-state index in [1.165, 1.54) is 51.4 Å². The van der Waals surface area contributed by atoms with Gasteiger partial charge in [-0.15, -0.1) is 0 Å². The molecule has 0 fully saturated rings. The zero-order chi connectivity index (χ0) is 29.7. The SMILES string of the molecule is CCCCCCOC(=O)Cc1c(O)c(C)c(C)c2c1CC[C@@](C)(CCC[C@H](C)CCC[C@H](C)CCCC(C)C)O2. The van der Waals surface area contributed by atoms with Gasteiger partial charge in [0, 0.05) is 11.1 Å². The lowest BCUT2D eigenvalue weighted by atomic mass is 9.83. The van der Waals surface area contributed by atoms with Crippen LogP contribution in [0.1, 0.15) is 154 Å². The Hall–Kier alpha value is -1.71. The van der Waals surface area contributed by atoms with Gasteiger partial charge in [0.2, 0.25) is 0 Å². The van der Waals surface area contributed by atoms with Crippen LogP contribution in [0.25, 0.3) is 0 Å². The summed E-state index contributed by atoms with van der Waals surface area (Å²) >= 11 is 0. The zero-order valence-corrected chi connectivity index (χ0v) is 27.4. The van der Waals surface area contributed by atoms with Crippen molar-refractivity contribution in [2.45, 2.75) is 164 Å². The standard InChI is InChI=1S/C36H62O4/c1-9-10-11-12-24-39-33(37)25-32-31-21-23-36(8,40-35(31)30(7)29(6)34(32)38)22-15-20-28(5)19-14-18-27(4)17-13-16-26(2)3/h26-28,38H,9-25H2,1-8H3/t27-,28-,36-/m1/s1. The highest BCUT2D eigenvalue weighted by Gasteiger charge is 2.35. The number of hydrogen-bond acceptors (Lipinski definition) is 4. The fourth-order valence-corrected chi connectivity index (χ4v) is 6.25. The molecule has 1 N–H and O–H groups in total. The van der Waals surface area contributed by atoms with Gasteiger partial charge in [-0.3, -0.25) is 4.79 Å². The molecule has 0 unspecified atom stereocenters. The molecule has 1 aromatic carbocycles. The molecule has 4 nitrogen and oxygen atoms in total. The first-order valence-corrected chi connectivity index (χ1v) is 16.7. The van der Waals surface area contributed by atoms with Crippen LogP contribution in [-0.4, -0.2) is 23.3 Å². The maximum atomic E-state index is 12.6. The lowest BCUT2D eigenvalue weighted by molar-refractivity contribution is -0.143. The van der Waals surface area contributed by atoms with Crippen LogP contribution >= 0.6 is 0 Å². The number of benzene rings is 1. The number of esters is 1. The molecule has 0 saturated carbocycles. The maximum absolute atomic E-state index is 12.6. The number of rotatable bonds is 19. The van der Waals surface area contributed by atoms with E-state index < -0.39 is 0 Å². The molecule has 1 aliphatic heterocycles. The van der Waals surface area contributed by atoms with Gasteiger partial charge in [-0.2, -0.15) is 0 Å². The molecular weight excluding hydrogens is 496 g/mol. The normalized spacial score (nSPS) is 18.3. The summed E-state index contributed by atoms with van der Waals surface area (Å²) in [5.41, 5.74) is 3.29. The smallest absolute Gasteiger partial charge is 0.310 e. The minimum atomic E-state index is -0.260. The molecule has 3 atom stereocenters. The highest BCUT2D eigenvalue weighted by atomic mass is 16.5. The van der Waals surface area contributed by atoms with E-state index in [1.54, 1.807) is 0 Å². The number of ether oxygens (including phenoxy) is 2. The van der Waals surface area contributed by atoms with Crippen molar-refractivity contribution in [2.24, 2.45) is 17.8 Å². The monoisotopic (exact) mass is 558 g/mol. The lowest BCUT2D eigenvalue weighted by Gasteiger charge is -2.38. The van der Waals surface area contributed by atoms with Crippen LogP contribution in [0.4, 0.5) is 0 Å². The van der Waals surface area contributed by atoms with E-state index in [1.807, 2.05) is 13.8 Å². The minimum absolute atomic E-state index is 0.108. The molecule has 230 valence electrons. The molecular formula is C36H62O4. The van der Waals surface area contributed by atoms with Gasteiger partial charge in [-0.05, 0) is 81.8 Å². The van der Waals surface area contributed by atoms with E-state index in [0.29, 0.717) is 12.2 Å². The van der Waals surface area contributed by atoms with Crippen LogP contribution in [0.5, 0.6) is 11.5 Å². The van der Waals surface area contributed by atoms with E-state index in [-0.39, 0.29) is 23.7 Å². The Kier molecular flexibility index (Phi) is 14.9. The number of carbonyl (C=O) groups excluding carboxylic acids is 1. The van der Waals surface area contributed by atoms with Crippen LogP contribution < -0.4 is 4.74 Å². The number of phenols is 1. The van der Waals surface area contributed by atoms with E-state index in [2.05, 4.69) is 41.5 Å². The first-order valence-electron chi connectivity index (χ1n) is 16.7. The van der Waals surface area contributed by atoms with E-state index in [4.69, 9.17) is 9.47 Å². The van der Waals surface area contributed by atoms with Crippen molar-refractivity contribution in [3.8, 4) is 11.5 Å². The first-order chi connectivity index (χ1) is 19.0. The summed E-state index contributed by atoms with van der Waals surface area (Å²) in [6, 6.07) is 0. The highest BCUT2D eigenvalue weighted by molar-refractivity contribution is 5.76. The van der Waals surface area contributed by atoms with Crippen LogP contribution in [0.15, 0.2) is 0 Å². The predicted octanol–water partition coefficient (Wildman–Crippen LogP) is 10.2. The van der Waals surface area contributed by atoms with Crippen molar-refractivity contribution in [2.75, 3.05) is 6.61 Å². The Morgan fingerprint density at radius 3 is 2.15 bits per heavy atom. The molecule has 4 heteroatoms. The quantitative estimate of drug-likeness (QED) is 0.136. The lowest BCUT2D eigenvalue weighted by Crippen LogP contribution is -2.37. The molecule has 0 radical (unpaired) electrons. The zero-order valence-electron chi connectivity index (χ0n) is 27.4. The number of aromatic hydroxyl groups is 1. The van der Waals surface area contributed by atoms with Gasteiger partial charge >= 0.3 is 5.97 Å². The third kappa shape index (κ3) is 11.3. The molecule has 0 bridgehead atoms. The van der Waals surface area contributed by atoms with Crippen LogP contribution in [0, 0.1) is 31.6 Å². The molecule has 1 aliphatic rings. The van der Waals surface area contributed by atoms with Crippen molar-refractivity contribution < 1.29 is 19.4 Å². The second-order valence-electron chi connectivity index (χ2n) is 13.8. The molecule has 2 rings (SSSR count). The van der Waals surface area contributed by atoms with Gasteiger partial charge in [0.25, 0.3) is 0 Å². The summed E-state index contributed by atoms with van der Waals surface area (Å²) in [5, 5.41) is 11.0. The van der Waals surface area contributed by atoms with Crippen molar-refractivity contribution in [1.29, 1.82) is 0 Å². The average molecular weight is 559 g/mol. The third-order valence-electron chi connectivity index (χ3n) is 9.29. The van der Waals surface area contributed by atoms with Crippen LogP contribution in [0.2, 0.25) is 0 Å². The molecule has 40 heavy (non-hydrogen) atoms. The highest BCUT2D eigenvalue weighted by Crippen LogP contribution is 2.45. The number of carbonyl (C=O) groups is 1. The fourth-order valence-electron chi connectivity index (χ4n) is 6.25. The second-order valence-corrected chi connectivity index (χ2v) is 13.8. The van der Waals surface area contributed by atoms with Gasteiger partial charge in [0.05, 0.1) is 13.0 Å². The van der Waals surface area contributed by atoms with Crippen molar-refractivity contribution in [3.05, 3.63) is 22.3 Å².